The van der Waals surface area contributed by atoms with Crippen LogP contribution >= 0.6 is 0 Å². The molecule has 49 heavy (non-hydrogen) atoms. The van der Waals surface area contributed by atoms with E-state index in [1.807, 2.05) is 0 Å². The molecule has 8 N–H and O–H groups in total. The van der Waals surface area contributed by atoms with E-state index in [0.717, 1.165) is 0 Å². The fourth-order valence-electron chi connectivity index (χ4n) is 6.42. The van der Waals surface area contributed by atoms with Crippen LogP contribution in [0.3, 0.4) is 0 Å². The van der Waals surface area contributed by atoms with E-state index in [1.165, 1.54) is 24.3 Å². The zero-order valence-corrected chi connectivity index (χ0v) is 25.4. The van der Waals surface area contributed by atoms with Crippen LogP contribution in [-0.4, -0.2) is 110 Å². The molecule has 4 aliphatic rings. The smallest absolute Gasteiger partial charge is 0.262 e. The number of para-hydroxylation sites is 1. The number of rotatable bonds is 7. The average Bonchev–Trinajstić information content (AvgIpc) is 3.52. The molecular formula is C33H29N5O11. The highest BCUT2D eigenvalue weighted by atomic mass is 16.7. The van der Waals surface area contributed by atoms with E-state index in [1.54, 1.807) is 24.3 Å². The number of phenols is 1. The molecule has 6 atom stereocenters. The van der Waals surface area contributed by atoms with Crippen LogP contribution in [-0.2, 0) is 17.8 Å². The van der Waals surface area contributed by atoms with E-state index >= 15 is 0 Å². The molecule has 0 bridgehead atoms. The first kappa shape index (κ1) is 32.4. The Kier molecular flexibility index (Phi) is 8.16. The van der Waals surface area contributed by atoms with Crippen molar-refractivity contribution in [3.63, 3.8) is 0 Å². The van der Waals surface area contributed by atoms with Crippen LogP contribution in [0.15, 0.2) is 63.5 Å². The summed E-state index contributed by atoms with van der Waals surface area (Å²) in [7, 11) is 0. The van der Waals surface area contributed by atoms with Crippen LogP contribution in [0.5, 0.6) is 11.5 Å². The normalized spacial score (nSPS) is 26.0. The van der Waals surface area contributed by atoms with Crippen molar-refractivity contribution in [3.8, 4) is 11.5 Å². The number of phenolic OH excluding ortho intramolecular Hbond substituents is 1. The summed E-state index contributed by atoms with van der Waals surface area (Å²) in [6, 6.07) is 12.6. The van der Waals surface area contributed by atoms with E-state index < -0.39 is 78.7 Å². The Morgan fingerprint density at radius 2 is 1.71 bits per heavy atom. The second-order valence-corrected chi connectivity index (χ2v) is 11.8. The number of aliphatic imine (C=N–C) groups is 3. The molecule has 1 saturated heterocycles. The van der Waals surface area contributed by atoms with Crippen molar-refractivity contribution in [1.29, 1.82) is 5.41 Å². The number of aromatic hydroxyl groups is 1. The number of ether oxygens (including phenoxy) is 2. The lowest BCUT2D eigenvalue weighted by molar-refractivity contribution is -0.723. The Balaban J connectivity index is 1.35. The number of hydrogen-bond donors (Lipinski definition) is 8. The van der Waals surface area contributed by atoms with Gasteiger partial charge in [0, 0.05) is 40.1 Å². The standard InChI is InChI=1S/C33H29N5O11/c34-33-36-30-22(31(47)37-33)35-12-38(30)19-4-2-1-3-14(19)8-15-9-18-21(24(42)17-7-13(10-39)5-6-16(17)23(18)41)26(44)29(15)49-32-28(46)27(45)25(43)20(11-40)48-32/h1-7,9,20,25,27-28,32,39-40,43-46H,8,10-12H2,(H2,34,37,47)/t20-,25-,27+,28-,32-/m0/s1. The molecule has 16 heteroatoms. The minimum absolute atomic E-state index is 0.0194. The summed E-state index contributed by atoms with van der Waals surface area (Å²) in [5.74, 6) is -3.44. The molecular weight excluding hydrogens is 642 g/mol. The molecule has 252 valence electrons. The first-order valence-corrected chi connectivity index (χ1v) is 15.1. The number of nitrogens with zero attached hydrogens (tertiary/aromatic N) is 3. The van der Waals surface area contributed by atoms with Crippen LogP contribution in [0.25, 0.3) is 0 Å². The van der Waals surface area contributed by atoms with Gasteiger partial charge in [-0.3, -0.25) is 15.0 Å². The van der Waals surface area contributed by atoms with E-state index in [9.17, 15) is 45.3 Å². The summed E-state index contributed by atoms with van der Waals surface area (Å²) >= 11 is 0. The lowest BCUT2D eigenvalue weighted by Gasteiger charge is -2.40. The van der Waals surface area contributed by atoms with Gasteiger partial charge in [-0.25, -0.2) is 14.9 Å². The molecule has 1 unspecified atom stereocenters. The number of carbonyl (C=O) groups excluding carboxylic acids is 2. The predicted molar refractivity (Wildman–Crippen MR) is 167 cm³/mol. The summed E-state index contributed by atoms with van der Waals surface area (Å²) in [6.07, 6.45) is -8.57. The molecule has 0 amide bonds. The van der Waals surface area contributed by atoms with Gasteiger partial charge in [-0.05, 0) is 29.8 Å². The average molecular weight is 672 g/mol. The van der Waals surface area contributed by atoms with Gasteiger partial charge >= 0.3 is 0 Å². The molecule has 0 saturated carbocycles. The summed E-state index contributed by atoms with van der Waals surface area (Å²) in [4.78, 5) is 40.1. The molecule has 16 nitrogen and oxygen atoms in total. The highest BCUT2D eigenvalue weighted by Gasteiger charge is 2.46. The maximum absolute atomic E-state index is 13.8. The number of carbonyl (C=O) groups is 2. The number of fused-ring (bicyclic) bond motifs is 3. The van der Waals surface area contributed by atoms with E-state index in [4.69, 9.17) is 14.9 Å². The molecule has 0 radical (unpaired) electrons. The summed E-state index contributed by atoms with van der Waals surface area (Å²) in [5, 5.41) is 82.8. The Morgan fingerprint density at radius 3 is 2.47 bits per heavy atom. The molecule has 3 aliphatic heterocycles. The number of aliphatic hydroxyl groups is 5. The van der Waals surface area contributed by atoms with Crippen molar-refractivity contribution in [2.45, 2.75) is 43.7 Å². The van der Waals surface area contributed by atoms with Gasteiger partial charge in [0.05, 0.1) is 18.8 Å². The first-order valence-electron chi connectivity index (χ1n) is 15.1. The van der Waals surface area contributed by atoms with Crippen LogP contribution in [0, 0.1) is 5.41 Å². The van der Waals surface area contributed by atoms with Crippen molar-refractivity contribution in [2.75, 3.05) is 13.3 Å². The molecule has 0 spiro atoms. The monoisotopic (exact) mass is 671 g/mol. The fourth-order valence-corrected chi connectivity index (χ4v) is 6.42. The maximum atomic E-state index is 13.8. The number of ketones is 2. The number of benzene rings is 3. The van der Waals surface area contributed by atoms with Gasteiger partial charge in [-0.2, -0.15) is 4.99 Å². The van der Waals surface area contributed by atoms with Crippen molar-refractivity contribution in [3.05, 3.63) is 87.5 Å². The summed E-state index contributed by atoms with van der Waals surface area (Å²) in [5.41, 5.74) is 1.13. The second kappa shape index (κ2) is 12.4. The predicted octanol–water partition coefficient (Wildman–Crippen LogP) is -2.54. The summed E-state index contributed by atoms with van der Waals surface area (Å²) < 4.78 is 11.5. The van der Waals surface area contributed by atoms with Crippen LogP contribution in [0.1, 0.15) is 48.5 Å². The van der Waals surface area contributed by atoms with Gasteiger partial charge in [0.25, 0.3) is 5.84 Å². The van der Waals surface area contributed by atoms with Crippen LogP contribution in [0.4, 0.5) is 5.69 Å². The maximum Gasteiger partial charge on any atom is 0.262 e. The molecule has 3 aromatic rings. The molecule has 1 aliphatic carbocycles. The topological polar surface area (TPSA) is 262 Å². The highest BCUT2D eigenvalue weighted by Crippen LogP contribution is 2.44. The third-order valence-corrected chi connectivity index (χ3v) is 8.90. The Hall–Kier alpha value is -5.20. The minimum atomic E-state index is -1.87. The van der Waals surface area contributed by atoms with Gasteiger partial charge in [0.15, 0.2) is 35.4 Å². The minimum Gasteiger partial charge on any atom is -0.857 e. The Morgan fingerprint density at radius 1 is 0.939 bits per heavy atom. The van der Waals surface area contributed by atoms with Gasteiger partial charge in [-0.1, -0.05) is 24.3 Å². The third kappa shape index (κ3) is 5.31. The van der Waals surface area contributed by atoms with Crippen molar-refractivity contribution in [1.82, 2.24) is 0 Å². The third-order valence-electron chi connectivity index (χ3n) is 8.90. The lowest BCUT2D eigenvalue weighted by atomic mass is 9.81. The first-order chi connectivity index (χ1) is 23.5. The molecule has 7 rings (SSSR count). The van der Waals surface area contributed by atoms with Gasteiger partial charge in [-0.15, -0.1) is 0 Å². The molecule has 3 aromatic carbocycles. The van der Waals surface area contributed by atoms with Crippen LogP contribution < -0.4 is 14.7 Å². The van der Waals surface area contributed by atoms with Crippen molar-refractivity contribution >= 4 is 40.7 Å². The lowest BCUT2D eigenvalue weighted by Crippen LogP contribution is -3.09. The summed E-state index contributed by atoms with van der Waals surface area (Å²) in [6.45, 7) is -1.10. The van der Waals surface area contributed by atoms with Gasteiger partial charge < -0.3 is 45.2 Å². The van der Waals surface area contributed by atoms with Crippen molar-refractivity contribution < 1.29 is 59.7 Å². The highest BCUT2D eigenvalue weighted by molar-refractivity contribution is 6.66. The number of quaternary nitrogens is 1. The number of hydrogen-bond acceptors (Lipinski definition) is 13. The Labute approximate surface area is 276 Å². The number of amidine groups is 1. The number of aliphatic hydroxyl groups excluding tert-OH is 5. The fraction of sp³-hybridized carbons (Fsp3) is 0.273. The second-order valence-electron chi connectivity index (χ2n) is 11.8. The zero-order chi connectivity index (χ0) is 34.7. The number of guanidine groups is 1. The van der Waals surface area contributed by atoms with Crippen LogP contribution in [0.2, 0.25) is 0 Å². The SMILES string of the molecule is N=C1N=C([O-])C2=NC[NH+](c3ccccc3Cc3cc4c(c(O)c3O[C@@H]3O[C@@H](CO)[C@H](O)[C@@H](O)[C@@H]3O)C(=O)c3cc(CO)ccc3C4=O)C2=N1. The van der Waals surface area contributed by atoms with Gasteiger partial charge in [0.1, 0.15) is 30.1 Å². The molecule has 1 fully saturated rings. The van der Waals surface area contributed by atoms with E-state index in [-0.39, 0.29) is 52.6 Å². The van der Waals surface area contributed by atoms with Gasteiger partial charge in [0.2, 0.25) is 12.2 Å². The largest absolute Gasteiger partial charge is 0.857 e. The van der Waals surface area contributed by atoms with E-state index in [0.29, 0.717) is 21.7 Å². The number of nitrogens with one attached hydrogen (secondary N) is 2. The Bertz CT molecular complexity index is 2020. The van der Waals surface area contributed by atoms with E-state index in [2.05, 4.69) is 15.0 Å². The molecule has 0 aromatic heterocycles. The zero-order valence-electron chi connectivity index (χ0n) is 25.4. The quantitative estimate of drug-likeness (QED) is 0.102. The van der Waals surface area contributed by atoms with Crippen molar-refractivity contribution in [2.24, 2.45) is 15.0 Å². The molecule has 3 heterocycles.